The van der Waals surface area contributed by atoms with Gasteiger partial charge in [-0.15, -0.1) is 5.10 Å². The summed E-state index contributed by atoms with van der Waals surface area (Å²) in [6.07, 6.45) is 0.772. The Morgan fingerprint density at radius 1 is 1.33 bits per heavy atom. The number of rotatable bonds is 4. The smallest absolute Gasteiger partial charge is 0.318 e. The predicted molar refractivity (Wildman–Crippen MR) is 55.0 cm³/mol. The molecule has 15 heavy (non-hydrogen) atoms. The van der Waals surface area contributed by atoms with E-state index in [1.54, 1.807) is 0 Å². The van der Waals surface area contributed by atoms with Crippen molar-refractivity contribution in [1.29, 1.82) is 0 Å². The molecule has 6 nitrogen and oxygen atoms in total. The van der Waals surface area contributed by atoms with Crippen LogP contribution in [0.25, 0.3) is 0 Å². The van der Waals surface area contributed by atoms with Gasteiger partial charge in [-0.05, 0) is 7.05 Å². The number of hydrogen-bond donors (Lipinski definition) is 1. The molecule has 1 aliphatic rings. The molecule has 1 aliphatic heterocycles. The molecule has 0 radical (unpaired) electrons. The number of aromatic nitrogens is 2. The summed E-state index contributed by atoms with van der Waals surface area (Å²) in [6.45, 7) is 3.97. The minimum atomic E-state index is 0.615. The fraction of sp³-hybridized carbons (Fsp3) is 0.778. The Hall–Kier alpha value is -1.14. The molecule has 0 bridgehead atoms. The summed E-state index contributed by atoms with van der Waals surface area (Å²) in [4.78, 5) is 2.05. The molecule has 0 amide bonds. The number of morpholine rings is 1. The van der Waals surface area contributed by atoms with Gasteiger partial charge in [0.2, 0.25) is 5.89 Å². The SMILES string of the molecule is CNCCc1nnc(N2CCOCC2)o1. The molecule has 6 heteroatoms. The zero-order valence-corrected chi connectivity index (χ0v) is 8.90. The molecule has 1 aromatic heterocycles. The van der Waals surface area contributed by atoms with Crippen molar-refractivity contribution in [3.63, 3.8) is 0 Å². The number of ether oxygens (including phenoxy) is 1. The van der Waals surface area contributed by atoms with Crippen molar-refractivity contribution in [2.45, 2.75) is 6.42 Å². The maximum absolute atomic E-state index is 5.53. The first-order valence-corrected chi connectivity index (χ1v) is 5.20. The van der Waals surface area contributed by atoms with Crippen molar-refractivity contribution in [2.75, 3.05) is 44.8 Å². The van der Waals surface area contributed by atoms with Gasteiger partial charge in [0.25, 0.3) is 0 Å². The summed E-state index contributed by atoms with van der Waals surface area (Å²) in [5, 5.41) is 11.1. The number of hydrogen-bond acceptors (Lipinski definition) is 6. The van der Waals surface area contributed by atoms with Crippen molar-refractivity contribution in [2.24, 2.45) is 0 Å². The third-order valence-corrected chi connectivity index (χ3v) is 2.33. The van der Waals surface area contributed by atoms with Crippen LogP contribution in [-0.2, 0) is 11.2 Å². The van der Waals surface area contributed by atoms with Crippen molar-refractivity contribution >= 4 is 6.01 Å². The Bertz CT molecular complexity index is 296. The highest BCUT2D eigenvalue weighted by atomic mass is 16.5. The van der Waals surface area contributed by atoms with Crippen LogP contribution in [0.2, 0.25) is 0 Å². The van der Waals surface area contributed by atoms with E-state index in [4.69, 9.17) is 9.15 Å². The van der Waals surface area contributed by atoms with Gasteiger partial charge in [-0.2, -0.15) is 0 Å². The second-order valence-electron chi connectivity index (χ2n) is 3.43. The highest BCUT2D eigenvalue weighted by Gasteiger charge is 2.16. The summed E-state index contributed by atoms with van der Waals surface area (Å²) in [6, 6.07) is 0.615. The first-order chi connectivity index (χ1) is 7.40. The lowest BCUT2D eigenvalue weighted by molar-refractivity contribution is 0.120. The van der Waals surface area contributed by atoms with Crippen molar-refractivity contribution in [3.8, 4) is 0 Å². The topological polar surface area (TPSA) is 63.4 Å². The van der Waals surface area contributed by atoms with Crippen LogP contribution in [-0.4, -0.2) is 50.1 Å². The molecule has 0 unspecified atom stereocenters. The van der Waals surface area contributed by atoms with E-state index in [1.807, 2.05) is 7.05 Å². The van der Waals surface area contributed by atoms with E-state index in [1.165, 1.54) is 0 Å². The maximum Gasteiger partial charge on any atom is 0.318 e. The van der Waals surface area contributed by atoms with E-state index in [-0.39, 0.29) is 0 Å². The minimum Gasteiger partial charge on any atom is -0.408 e. The Kier molecular flexibility index (Phi) is 3.52. The van der Waals surface area contributed by atoms with Gasteiger partial charge in [-0.1, -0.05) is 5.10 Å². The van der Waals surface area contributed by atoms with Crippen molar-refractivity contribution in [1.82, 2.24) is 15.5 Å². The summed E-state index contributed by atoms with van der Waals surface area (Å²) in [5.41, 5.74) is 0. The van der Waals surface area contributed by atoms with Crippen LogP contribution < -0.4 is 10.2 Å². The van der Waals surface area contributed by atoms with Gasteiger partial charge in [0.15, 0.2) is 0 Å². The molecule has 84 valence electrons. The van der Waals surface area contributed by atoms with Crippen molar-refractivity contribution in [3.05, 3.63) is 5.89 Å². The van der Waals surface area contributed by atoms with Gasteiger partial charge in [0.1, 0.15) is 0 Å². The Labute approximate surface area is 88.6 Å². The second kappa shape index (κ2) is 5.09. The fourth-order valence-electron chi connectivity index (χ4n) is 1.46. The summed E-state index contributed by atoms with van der Waals surface area (Å²) < 4.78 is 10.8. The lowest BCUT2D eigenvalue weighted by Crippen LogP contribution is -2.36. The maximum atomic E-state index is 5.53. The molecule has 0 saturated carbocycles. The standard InChI is InChI=1S/C9H16N4O2/c1-10-3-2-8-11-12-9(15-8)13-4-6-14-7-5-13/h10H,2-7H2,1H3. The van der Waals surface area contributed by atoms with Crippen LogP contribution in [0.15, 0.2) is 4.42 Å². The molecular weight excluding hydrogens is 196 g/mol. The molecule has 1 aromatic rings. The molecule has 0 aromatic carbocycles. The van der Waals surface area contributed by atoms with Crippen LogP contribution in [0, 0.1) is 0 Å². The zero-order chi connectivity index (χ0) is 10.5. The molecule has 2 heterocycles. The molecule has 0 atom stereocenters. The van der Waals surface area contributed by atoms with E-state index < -0.39 is 0 Å². The van der Waals surface area contributed by atoms with Crippen LogP contribution >= 0.6 is 0 Å². The van der Waals surface area contributed by atoms with Gasteiger partial charge in [-0.3, -0.25) is 0 Å². The first-order valence-electron chi connectivity index (χ1n) is 5.20. The highest BCUT2D eigenvalue weighted by Crippen LogP contribution is 2.13. The summed E-state index contributed by atoms with van der Waals surface area (Å²) >= 11 is 0. The largest absolute Gasteiger partial charge is 0.408 e. The summed E-state index contributed by atoms with van der Waals surface area (Å²) in [7, 11) is 1.90. The molecule has 0 spiro atoms. The zero-order valence-electron chi connectivity index (χ0n) is 8.90. The monoisotopic (exact) mass is 212 g/mol. The molecule has 0 aliphatic carbocycles. The summed E-state index contributed by atoms with van der Waals surface area (Å²) in [5.74, 6) is 0.686. The Morgan fingerprint density at radius 2 is 2.13 bits per heavy atom. The second-order valence-corrected chi connectivity index (χ2v) is 3.43. The third kappa shape index (κ3) is 2.66. The van der Waals surface area contributed by atoms with Gasteiger partial charge in [-0.25, -0.2) is 0 Å². The number of nitrogens with one attached hydrogen (secondary N) is 1. The van der Waals surface area contributed by atoms with Gasteiger partial charge >= 0.3 is 6.01 Å². The normalized spacial score (nSPS) is 17.0. The average Bonchev–Trinajstić information content (AvgIpc) is 2.76. The van der Waals surface area contributed by atoms with E-state index in [9.17, 15) is 0 Å². The average molecular weight is 212 g/mol. The Balaban J connectivity index is 1.93. The number of anilines is 1. The number of nitrogens with zero attached hydrogens (tertiary/aromatic N) is 3. The highest BCUT2D eigenvalue weighted by molar-refractivity contribution is 5.24. The lowest BCUT2D eigenvalue weighted by atomic mass is 10.4. The minimum absolute atomic E-state index is 0.615. The first kappa shape index (κ1) is 10.4. The molecule has 1 saturated heterocycles. The van der Waals surface area contributed by atoms with Gasteiger partial charge in [0.05, 0.1) is 13.2 Å². The molecule has 2 rings (SSSR count). The quantitative estimate of drug-likeness (QED) is 0.737. The van der Waals surface area contributed by atoms with Crippen LogP contribution in [0.4, 0.5) is 6.01 Å². The van der Waals surface area contributed by atoms with Crippen LogP contribution in [0.1, 0.15) is 5.89 Å². The van der Waals surface area contributed by atoms with Crippen molar-refractivity contribution < 1.29 is 9.15 Å². The van der Waals surface area contributed by atoms with Gasteiger partial charge in [0, 0.05) is 26.1 Å². The lowest BCUT2D eigenvalue weighted by Gasteiger charge is -2.24. The third-order valence-electron chi connectivity index (χ3n) is 2.33. The number of likely N-dealkylation sites (N-methyl/N-ethyl adjacent to an activating group) is 1. The Morgan fingerprint density at radius 3 is 2.87 bits per heavy atom. The van der Waals surface area contributed by atoms with E-state index in [0.29, 0.717) is 11.9 Å². The molecule has 1 fully saturated rings. The predicted octanol–water partition coefficient (Wildman–Crippen LogP) is -0.332. The van der Waals surface area contributed by atoms with Crippen LogP contribution in [0.5, 0.6) is 0 Å². The van der Waals surface area contributed by atoms with E-state index >= 15 is 0 Å². The van der Waals surface area contributed by atoms with E-state index in [0.717, 1.165) is 39.3 Å². The molecular formula is C9H16N4O2. The van der Waals surface area contributed by atoms with Gasteiger partial charge < -0.3 is 19.4 Å². The molecule has 1 N–H and O–H groups in total. The fourth-order valence-corrected chi connectivity index (χ4v) is 1.46. The van der Waals surface area contributed by atoms with E-state index in [2.05, 4.69) is 20.4 Å². The van der Waals surface area contributed by atoms with Crippen LogP contribution in [0.3, 0.4) is 0 Å².